The second-order valence-corrected chi connectivity index (χ2v) is 5.44. The molecule has 0 aliphatic carbocycles. The van der Waals surface area contributed by atoms with E-state index in [4.69, 9.17) is 9.47 Å². The first kappa shape index (κ1) is 15.1. The average Bonchev–Trinajstić information content (AvgIpc) is 2.56. The summed E-state index contributed by atoms with van der Waals surface area (Å²) < 4.78 is 10.8. The van der Waals surface area contributed by atoms with E-state index in [1.165, 1.54) is 10.8 Å². The predicted molar refractivity (Wildman–Crippen MR) is 92.7 cm³/mol. The third kappa shape index (κ3) is 3.34. The summed E-state index contributed by atoms with van der Waals surface area (Å²) in [6.45, 7) is 5.68. The summed E-state index contributed by atoms with van der Waals surface area (Å²) >= 11 is 0. The Bertz CT molecular complexity index is 880. The van der Waals surface area contributed by atoms with E-state index in [2.05, 4.69) is 36.9 Å². The van der Waals surface area contributed by atoms with Gasteiger partial charge < -0.3 is 9.47 Å². The number of ether oxygens (including phenoxy) is 2. The minimum atomic E-state index is -0.391. The van der Waals surface area contributed by atoms with Crippen LogP contribution in [0.25, 0.3) is 21.5 Å². The largest absolute Gasteiger partial charge is 0.489 e. The molecule has 0 aliphatic heterocycles. The molecule has 0 aliphatic rings. The highest BCUT2D eigenvalue weighted by Gasteiger charge is 2.06. The maximum absolute atomic E-state index is 11.3. The third-order valence-electron chi connectivity index (χ3n) is 3.63. The molecule has 3 rings (SSSR count). The van der Waals surface area contributed by atoms with Crippen molar-refractivity contribution in [3.05, 3.63) is 66.7 Å². The number of hydrogen-bond acceptors (Lipinski definition) is 3. The summed E-state index contributed by atoms with van der Waals surface area (Å²) in [7, 11) is 0. The van der Waals surface area contributed by atoms with E-state index in [-0.39, 0.29) is 6.61 Å². The molecule has 3 heteroatoms. The highest BCUT2D eigenvalue weighted by Crippen LogP contribution is 2.29. The van der Waals surface area contributed by atoms with Gasteiger partial charge in [-0.2, -0.15) is 0 Å². The van der Waals surface area contributed by atoms with Crippen LogP contribution < -0.4 is 4.74 Å². The number of rotatable bonds is 5. The molecule has 0 amide bonds. The lowest BCUT2D eigenvalue weighted by Gasteiger charge is -2.11. The van der Waals surface area contributed by atoms with Crippen LogP contribution >= 0.6 is 0 Å². The van der Waals surface area contributed by atoms with Gasteiger partial charge in [0.15, 0.2) is 0 Å². The van der Waals surface area contributed by atoms with E-state index >= 15 is 0 Å². The van der Waals surface area contributed by atoms with Gasteiger partial charge in [-0.3, -0.25) is 0 Å². The van der Waals surface area contributed by atoms with Gasteiger partial charge in [-0.15, -0.1) is 0 Å². The first-order chi connectivity index (χ1) is 11.1. The SMILES string of the molecule is C=C(C)C(=O)OCCOc1cccc2cc3ccccc3cc12. The Morgan fingerprint density at radius 1 is 0.957 bits per heavy atom. The van der Waals surface area contributed by atoms with Crippen LogP contribution in [0.1, 0.15) is 6.92 Å². The molecule has 0 aromatic heterocycles. The lowest BCUT2D eigenvalue weighted by Crippen LogP contribution is -2.12. The standard InChI is InChI=1S/C20H18O3/c1-14(2)20(21)23-11-10-22-19-9-5-8-17-12-15-6-3-4-7-16(15)13-18(17)19/h3-9,12-13H,1,10-11H2,2H3. The van der Waals surface area contributed by atoms with Crippen molar-refractivity contribution in [3.63, 3.8) is 0 Å². The van der Waals surface area contributed by atoms with Crippen molar-refractivity contribution in [2.24, 2.45) is 0 Å². The van der Waals surface area contributed by atoms with Gasteiger partial charge in [-0.1, -0.05) is 43.0 Å². The zero-order valence-electron chi connectivity index (χ0n) is 13.0. The Morgan fingerprint density at radius 2 is 1.65 bits per heavy atom. The van der Waals surface area contributed by atoms with Crippen molar-refractivity contribution in [3.8, 4) is 5.75 Å². The summed E-state index contributed by atoms with van der Waals surface area (Å²) in [5.74, 6) is 0.400. The first-order valence-electron chi connectivity index (χ1n) is 7.52. The van der Waals surface area contributed by atoms with Gasteiger partial charge in [0.1, 0.15) is 19.0 Å². The molecule has 23 heavy (non-hydrogen) atoms. The summed E-state index contributed by atoms with van der Waals surface area (Å²) in [6.07, 6.45) is 0. The van der Waals surface area contributed by atoms with E-state index in [1.54, 1.807) is 6.92 Å². The Labute approximate surface area is 135 Å². The third-order valence-corrected chi connectivity index (χ3v) is 3.63. The van der Waals surface area contributed by atoms with Gasteiger partial charge in [0.2, 0.25) is 0 Å². The zero-order chi connectivity index (χ0) is 16.2. The molecule has 0 saturated carbocycles. The second kappa shape index (κ2) is 6.53. The molecule has 0 fully saturated rings. The molecule has 0 N–H and O–H groups in total. The smallest absolute Gasteiger partial charge is 0.333 e. The van der Waals surface area contributed by atoms with Gasteiger partial charge in [0.25, 0.3) is 0 Å². The maximum Gasteiger partial charge on any atom is 0.333 e. The van der Waals surface area contributed by atoms with Crippen LogP contribution in [0.2, 0.25) is 0 Å². The number of hydrogen-bond donors (Lipinski definition) is 0. The van der Waals surface area contributed by atoms with Gasteiger partial charge in [-0.05, 0) is 41.3 Å². The maximum atomic E-state index is 11.3. The summed E-state index contributed by atoms with van der Waals surface area (Å²) in [5.41, 5.74) is 0.390. The highest BCUT2D eigenvalue weighted by atomic mass is 16.6. The summed E-state index contributed by atoms with van der Waals surface area (Å²) in [5, 5.41) is 4.55. The molecule has 3 aromatic rings. The number of benzene rings is 3. The van der Waals surface area contributed by atoms with Crippen LogP contribution in [0.15, 0.2) is 66.7 Å². The van der Waals surface area contributed by atoms with E-state index in [1.807, 2.05) is 24.3 Å². The van der Waals surface area contributed by atoms with Crippen molar-refractivity contribution in [2.45, 2.75) is 6.92 Å². The molecular formula is C20H18O3. The lowest BCUT2D eigenvalue weighted by atomic mass is 10.0. The Morgan fingerprint density at radius 3 is 2.39 bits per heavy atom. The number of esters is 1. The average molecular weight is 306 g/mol. The Hall–Kier alpha value is -2.81. The van der Waals surface area contributed by atoms with Crippen molar-refractivity contribution in [1.82, 2.24) is 0 Å². The van der Waals surface area contributed by atoms with Gasteiger partial charge in [0, 0.05) is 11.0 Å². The Kier molecular flexibility index (Phi) is 4.29. The van der Waals surface area contributed by atoms with E-state index < -0.39 is 5.97 Å². The van der Waals surface area contributed by atoms with Crippen LogP contribution in [0.5, 0.6) is 5.75 Å². The van der Waals surface area contributed by atoms with Crippen LogP contribution in [-0.4, -0.2) is 19.2 Å². The van der Waals surface area contributed by atoms with Gasteiger partial charge in [0.05, 0.1) is 0 Å². The fourth-order valence-corrected chi connectivity index (χ4v) is 2.47. The van der Waals surface area contributed by atoms with Crippen molar-refractivity contribution in [2.75, 3.05) is 13.2 Å². The van der Waals surface area contributed by atoms with E-state index in [9.17, 15) is 4.79 Å². The Balaban J connectivity index is 1.79. The minimum absolute atomic E-state index is 0.204. The van der Waals surface area contributed by atoms with Crippen LogP contribution in [0.4, 0.5) is 0 Å². The second-order valence-electron chi connectivity index (χ2n) is 5.44. The van der Waals surface area contributed by atoms with Crippen molar-refractivity contribution < 1.29 is 14.3 Å². The quantitative estimate of drug-likeness (QED) is 0.301. The molecular weight excluding hydrogens is 288 g/mol. The molecule has 0 saturated heterocycles. The van der Waals surface area contributed by atoms with Gasteiger partial charge in [-0.25, -0.2) is 4.79 Å². The lowest BCUT2D eigenvalue weighted by molar-refractivity contribution is -0.139. The molecule has 0 spiro atoms. The fourth-order valence-electron chi connectivity index (χ4n) is 2.47. The van der Waals surface area contributed by atoms with Gasteiger partial charge >= 0.3 is 5.97 Å². The highest BCUT2D eigenvalue weighted by molar-refractivity contribution is 6.00. The van der Waals surface area contributed by atoms with Crippen LogP contribution in [-0.2, 0) is 9.53 Å². The molecule has 3 nitrogen and oxygen atoms in total. The predicted octanol–water partition coefficient (Wildman–Crippen LogP) is 4.49. The number of fused-ring (bicyclic) bond motifs is 2. The zero-order valence-corrected chi connectivity index (χ0v) is 13.0. The van der Waals surface area contributed by atoms with Crippen molar-refractivity contribution >= 4 is 27.5 Å². The molecule has 0 atom stereocenters. The minimum Gasteiger partial charge on any atom is -0.489 e. The summed E-state index contributed by atoms with van der Waals surface area (Å²) in [4.78, 5) is 11.3. The normalized spacial score (nSPS) is 10.7. The molecule has 0 heterocycles. The first-order valence-corrected chi connectivity index (χ1v) is 7.52. The van der Waals surface area contributed by atoms with E-state index in [0.29, 0.717) is 12.2 Å². The topological polar surface area (TPSA) is 35.5 Å². The van der Waals surface area contributed by atoms with Crippen LogP contribution in [0, 0.1) is 0 Å². The molecule has 0 unspecified atom stereocenters. The molecule has 3 aromatic carbocycles. The van der Waals surface area contributed by atoms with E-state index in [0.717, 1.165) is 16.5 Å². The summed E-state index contributed by atoms with van der Waals surface area (Å²) in [6, 6.07) is 18.5. The fraction of sp³-hybridized carbons (Fsp3) is 0.150. The number of carbonyl (C=O) groups excluding carboxylic acids is 1. The number of carbonyl (C=O) groups is 1. The molecule has 116 valence electrons. The van der Waals surface area contributed by atoms with Crippen LogP contribution in [0.3, 0.4) is 0 Å². The molecule has 0 radical (unpaired) electrons. The van der Waals surface area contributed by atoms with Crippen molar-refractivity contribution in [1.29, 1.82) is 0 Å². The molecule has 0 bridgehead atoms. The monoisotopic (exact) mass is 306 g/mol.